The third-order valence-corrected chi connectivity index (χ3v) is 8.70. The molecule has 7 nitrogen and oxygen atoms in total. The number of nitrogen functional groups attached to an aromatic ring is 1. The van der Waals surface area contributed by atoms with Gasteiger partial charge in [0.1, 0.15) is 0 Å². The molecule has 3 saturated heterocycles. The summed E-state index contributed by atoms with van der Waals surface area (Å²) in [7, 11) is -6.19. The lowest BCUT2D eigenvalue weighted by Gasteiger charge is -2.45. The smallest absolute Gasteiger partial charge is 0.153 e. The predicted octanol–water partition coefficient (Wildman–Crippen LogP) is -0.995. The number of benzene rings is 1. The summed E-state index contributed by atoms with van der Waals surface area (Å²) in [5, 5.41) is 3.29. The van der Waals surface area contributed by atoms with Crippen LogP contribution in [0.2, 0.25) is 0 Å². The molecule has 3 N–H and O–H groups in total. The number of nitrogens with zero attached hydrogens (tertiary/aromatic N) is 1. The van der Waals surface area contributed by atoms with Crippen LogP contribution in [0.3, 0.4) is 0 Å². The highest BCUT2D eigenvalue weighted by atomic mass is 32.2. The fraction of sp³-hybridized carbons (Fsp3) is 0.600. The van der Waals surface area contributed by atoms with E-state index in [1.54, 1.807) is 0 Å². The third kappa shape index (κ3) is 2.94. The summed E-state index contributed by atoms with van der Waals surface area (Å²) in [6, 6.07) is 6.69. The van der Waals surface area contributed by atoms with E-state index in [2.05, 4.69) is 10.2 Å². The molecule has 0 saturated carbocycles. The van der Waals surface area contributed by atoms with Gasteiger partial charge in [-0.2, -0.15) is 0 Å². The van der Waals surface area contributed by atoms with Crippen molar-refractivity contribution in [2.45, 2.75) is 30.7 Å². The Labute approximate surface area is 142 Å². The summed E-state index contributed by atoms with van der Waals surface area (Å²) in [4.78, 5) is 2.09. The van der Waals surface area contributed by atoms with Gasteiger partial charge in [-0.25, -0.2) is 16.8 Å². The van der Waals surface area contributed by atoms with Gasteiger partial charge in [-0.15, -0.1) is 0 Å². The summed E-state index contributed by atoms with van der Waals surface area (Å²) in [6.07, 6.45) is 0. The normalized spacial score (nSPS) is 37.0. The molecule has 3 aliphatic heterocycles. The molecule has 0 aliphatic carbocycles. The van der Waals surface area contributed by atoms with Gasteiger partial charge in [-0.05, 0) is 17.7 Å². The van der Waals surface area contributed by atoms with Gasteiger partial charge in [-0.1, -0.05) is 12.1 Å². The van der Waals surface area contributed by atoms with E-state index in [-0.39, 0.29) is 47.2 Å². The van der Waals surface area contributed by atoms with Gasteiger partial charge in [0.2, 0.25) is 0 Å². The Kier molecular flexibility index (Phi) is 3.68. The van der Waals surface area contributed by atoms with Crippen LogP contribution in [0.4, 0.5) is 5.69 Å². The van der Waals surface area contributed by atoms with E-state index in [0.717, 1.165) is 5.56 Å². The van der Waals surface area contributed by atoms with E-state index in [4.69, 9.17) is 5.73 Å². The van der Waals surface area contributed by atoms with Crippen molar-refractivity contribution in [3.63, 3.8) is 0 Å². The molecule has 0 aromatic heterocycles. The van der Waals surface area contributed by atoms with Crippen molar-refractivity contribution in [3.8, 4) is 0 Å². The topological polar surface area (TPSA) is 110 Å². The van der Waals surface area contributed by atoms with Crippen LogP contribution in [0, 0.1) is 0 Å². The summed E-state index contributed by atoms with van der Waals surface area (Å²) in [5.74, 6) is 0.337. The Balaban J connectivity index is 1.67. The zero-order valence-electron chi connectivity index (χ0n) is 13.1. The largest absolute Gasteiger partial charge is 0.399 e. The minimum atomic E-state index is -3.09. The highest BCUT2D eigenvalue weighted by molar-refractivity contribution is 7.92. The standard InChI is InChI=1S/C15H21N3O4S2/c16-11-3-1-10(2-4-11)5-18-14-8-23(19,20)6-12(14)17-13-7-24(21,22)9-15(13)18/h1-4,12-15,17H,5-9,16H2/t12-,13-,14-,15+/m0/s1. The van der Waals surface area contributed by atoms with Crippen LogP contribution >= 0.6 is 0 Å². The molecular formula is C15H21N3O4S2. The van der Waals surface area contributed by atoms with Gasteiger partial charge in [0.05, 0.1) is 23.0 Å². The molecule has 0 radical (unpaired) electrons. The van der Waals surface area contributed by atoms with Gasteiger partial charge < -0.3 is 11.1 Å². The molecule has 4 atom stereocenters. The Bertz CT molecular complexity index is 803. The molecule has 1 aromatic carbocycles. The van der Waals surface area contributed by atoms with E-state index in [0.29, 0.717) is 12.2 Å². The molecular weight excluding hydrogens is 350 g/mol. The van der Waals surface area contributed by atoms with Gasteiger partial charge in [0, 0.05) is 36.4 Å². The van der Waals surface area contributed by atoms with Crippen molar-refractivity contribution in [2.24, 2.45) is 0 Å². The quantitative estimate of drug-likeness (QED) is 0.642. The molecule has 3 heterocycles. The second-order valence-corrected chi connectivity index (χ2v) is 11.4. The SMILES string of the molecule is Nc1ccc(CN2[C@@H]3CS(=O)(=O)C[C@@H]3N[C@H]3CS(=O)(=O)C[C@@H]32)cc1. The lowest BCUT2D eigenvalue weighted by Crippen LogP contribution is -2.66. The van der Waals surface area contributed by atoms with E-state index in [9.17, 15) is 16.8 Å². The van der Waals surface area contributed by atoms with E-state index >= 15 is 0 Å². The maximum atomic E-state index is 12.1. The average molecular weight is 371 g/mol. The van der Waals surface area contributed by atoms with Crippen LogP contribution in [-0.2, 0) is 26.2 Å². The van der Waals surface area contributed by atoms with Crippen LogP contribution in [0.5, 0.6) is 0 Å². The number of hydrogen-bond acceptors (Lipinski definition) is 7. The molecule has 0 bridgehead atoms. The number of piperazine rings is 1. The Morgan fingerprint density at radius 1 is 0.917 bits per heavy atom. The minimum absolute atomic E-state index is 0.0825. The summed E-state index contributed by atoms with van der Waals surface area (Å²) < 4.78 is 48.3. The van der Waals surface area contributed by atoms with Crippen molar-refractivity contribution >= 4 is 25.4 Å². The number of hydrogen-bond donors (Lipinski definition) is 2. The minimum Gasteiger partial charge on any atom is -0.399 e. The van der Waals surface area contributed by atoms with Crippen LogP contribution in [0.25, 0.3) is 0 Å². The number of nitrogens with one attached hydrogen (secondary N) is 1. The van der Waals surface area contributed by atoms with Crippen molar-refractivity contribution < 1.29 is 16.8 Å². The van der Waals surface area contributed by atoms with Gasteiger partial charge in [-0.3, -0.25) is 4.90 Å². The van der Waals surface area contributed by atoms with Crippen LogP contribution < -0.4 is 11.1 Å². The molecule has 3 fully saturated rings. The zero-order valence-corrected chi connectivity index (χ0v) is 14.8. The van der Waals surface area contributed by atoms with Gasteiger partial charge in [0.25, 0.3) is 0 Å². The first-order valence-corrected chi connectivity index (χ1v) is 11.6. The predicted molar refractivity (Wildman–Crippen MR) is 92.0 cm³/mol. The summed E-state index contributed by atoms with van der Waals surface area (Å²) >= 11 is 0. The van der Waals surface area contributed by atoms with Crippen LogP contribution in [0.1, 0.15) is 5.56 Å². The first kappa shape index (κ1) is 16.3. The second kappa shape index (κ2) is 5.42. The monoisotopic (exact) mass is 371 g/mol. The van der Waals surface area contributed by atoms with Crippen molar-refractivity contribution in [3.05, 3.63) is 29.8 Å². The molecule has 0 amide bonds. The number of fused-ring (bicyclic) bond motifs is 2. The van der Waals surface area contributed by atoms with Crippen molar-refractivity contribution in [1.82, 2.24) is 10.2 Å². The third-order valence-electron chi connectivity index (χ3n) is 5.27. The second-order valence-electron chi connectivity index (χ2n) is 7.08. The lowest BCUT2D eigenvalue weighted by atomic mass is 9.96. The maximum absolute atomic E-state index is 12.1. The van der Waals surface area contributed by atoms with Gasteiger partial charge >= 0.3 is 0 Å². The maximum Gasteiger partial charge on any atom is 0.153 e. The molecule has 3 aliphatic rings. The summed E-state index contributed by atoms with van der Waals surface area (Å²) in [5.41, 5.74) is 7.40. The van der Waals surface area contributed by atoms with Crippen molar-refractivity contribution in [2.75, 3.05) is 28.7 Å². The number of nitrogens with two attached hydrogens (primary N) is 1. The van der Waals surface area contributed by atoms with Gasteiger partial charge in [0.15, 0.2) is 19.7 Å². The molecule has 0 spiro atoms. The Hall–Kier alpha value is -1.16. The number of anilines is 1. The highest BCUT2D eigenvalue weighted by Gasteiger charge is 2.53. The van der Waals surface area contributed by atoms with E-state index < -0.39 is 19.7 Å². The summed E-state index contributed by atoms with van der Waals surface area (Å²) in [6.45, 7) is 0.537. The first-order chi connectivity index (χ1) is 11.2. The molecule has 132 valence electrons. The highest BCUT2D eigenvalue weighted by Crippen LogP contribution is 2.32. The molecule has 0 unspecified atom stereocenters. The van der Waals surface area contributed by atoms with Crippen molar-refractivity contribution in [1.29, 1.82) is 0 Å². The van der Waals surface area contributed by atoms with E-state index in [1.165, 1.54) is 0 Å². The van der Waals surface area contributed by atoms with Crippen LogP contribution in [-0.4, -0.2) is 68.9 Å². The lowest BCUT2D eigenvalue weighted by molar-refractivity contribution is 0.0678. The molecule has 9 heteroatoms. The molecule has 1 aromatic rings. The Morgan fingerprint density at radius 3 is 1.92 bits per heavy atom. The number of rotatable bonds is 2. The number of sulfone groups is 2. The zero-order chi connectivity index (χ0) is 17.1. The molecule has 24 heavy (non-hydrogen) atoms. The molecule has 4 rings (SSSR count). The Morgan fingerprint density at radius 2 is 1.42 bits per heavy atom. The average Bonchev–Trinajstić information content (AvgIpc) is 2.94. The first-order valence-electron chi connectivity index (χ1n) is 7.99. The van der Waals surface area contributed by atoms with Crippen LogP contribution in [0.15, 0.2) is 24.3 Å². The fourth-order valence-electron chi connectivity index (χ4n) is 4.22. The fourth-order valence-corrected chi connectivity index (χ4v) is 8.11. The van der Waals surface area contributed by atoms with E-state index in [1.807, 2.05) is 24.3 Å².